The van der Waals surface area contributed by atoms with Crippen molar-refractivity contribution in [1.29, 1.82) is 0 Å². The van der Waals surface area contributed by atoms with Crippen LogP contribution in [0.3, 0.4) is 0 Å². The van der Waals surface area contributed by atoms with Gasteiger partial charge in [0.25, 0.3) is 0 Å². The summed E-state index contributed by atoms with van der Waals surface area (Å²) in [6, 6.07) is 6.12. The van der Waals surface area contributed by atoms with E-state index in [1.807, 2.05) is 0 Å². The zero-order chi connectivity index (χ0) is 26.1. The van der Waals surface area contributed by atoms with Crippen molar-refractivity contribution in [2.24, 2.45) is 5.73 Å². The first kappa shape index (κ1) is 26.9. The third kappa shape index (κ3) is 7.89. The summed E-state index contributed by atoms with van der Waals surface area (Å²) in [5.41, 5.74) is 6.91. The van der Waals surface area contributed by atoms with E-state index >= 15 is 0 Å². The van der Waals surface area contributed by atoms with Crippen LogP contribution < -0.4 is 25.8 Å². The molecule has 0 heterocycles. The molecular formula is C23H27N3O9. The number of esters is 2. The van der Waals surface area contributed by atoms with Crippen molar-refractivity contribution in [2.75, 3.05) is 14.2 Å². The average molecular weight is 489 g/mol. The van der Waals surface area contributed by atoms with Crippen molar-refractivity contribution < 1.29 is 43.6 Å². The summed E-state index contributed by atoms with van der Waals surface area (Å²) in [5, 5.41) is 23.8. The fourth-order valence-corrected chi connectivity index (χ4v) is 3.04. The number of hydrogen-bond acceptors (Lipinski definition) is 10. The van der Waals surface area contributed by atoms with Crippen LogP contribution in [0.25, 0.3) is 0 Å². The zero-order valence-electron chi connectivity index (χ0n) is 19.4. The summed E-state index contributed by atoms with van der Waals surface area (Å²) in [4.78, 5) is 48.0. The summed E-state index contributed by atoms with van der Waals surface area (Å²) in [5.74, 6) is -2.78. The molecule has 12 nitrogen and oxygen atoms in total. The number of phenolic OH excluding ortho intramolecular Hbond substituents is 2. The van der Waals surface area contributed by atoms with Gasteiger partial charge in [0.05, 0.1) is 13.2 Å². The Balaban J connectivity index is 2.19. The van der Waals surface area contributed by atoms with Crippen LogP contribution in [-0.2, 0) is 32.0 Å². The number of carbonyl (C=O) groups is 4. The average Bonchev–Trinajstić information content (AvgIpc) is 2.81. The minimum atomic E-state index is -1.14. The summed E-state index contributed by atoms with van der Waals surface area (Å²) in [6.45, 7) is 1.18. The Bertz CT molecular complexity index is 1100. The van der Waals surface area contributed by atoms with Gasteiger partial charge < -0.3 is 40.8 Å². The van der Waals surface area contributed by atoms with E-state index in [4.69, 9.17) is 19.9 Å². The van der Waals surface area contributed by atoms with Crippen molar-refractivity contribution in [2.45, 2.75) is 31.8 Å². The number of nitrogens with two attached hydrogens (primary N) is 1. The summed E-state index contributed by atoms with van der Waals surface area (Å²) in [7, 11) is 2.51. The maximum atomic E-state index is 12.7. The Labute approximate surface area is 201 Å². The van der Waals surface area contributed by atoms with Crippen LogP contribution >= 0.6 is 0 Å². The first-order valence-corrected chi connectivity index (χ1v) is 10.4. The lowest BCUT2D eigenvalue weighted by Gasteiger charge is -2.20. The Morgan fingerprint density at radius 1 is 0.943 bits per heavy atom. The summed E-state index contributed by atoms with van der Waals surface area (Å²) in [6.07, 6.45) is -0.843. The van der Waals surface area contributed by atoms with Crippen LogP contribution in [0.5, 0.6) is 23.0 Å². The predicted molar refractivity (Wildman–Crippen MR) is 122 cm³/mol. The van der Waals surface area contributed by atoms with Crippen molar-refractivity contribution in [3.05, 3.63) is 47.5 Å². The molecule has 2 atom stereocenters. The number of carbonyl (C=O) groups excluding carboxylic acids is 4. The topological polar surface area (TPSA) is 187 Å². The highest BCUT2D eigenvalue weighted by molar-refractivity contribution is 5.87. The first-order valence-electron chi connectivity index (χ1n) is 10.4. The van der Waals surface area contributed by atoms with E-state index in [-0.39, 0.29) is 35.8 Å². The summed E-state index contributed by atoms with van der Waals surface area (Å²) >= 11 is 0. The van der Waals surface area contributed by atoms with Crippen molar-refractivity contribution in [3.8, 4) is 23.0 Å². The highest BCUT2D eigenvalue weighted by Gasteiger charge is 2.26. The molecule has 0 aliphatic rings. The molecule has 0 spiro atoms. The second-order valence-electron chi connectivity index (χ2n) is 7.44. The standard InChI is InChI=1S/C23H27N3O9/c1-12(27)34-19-7-5-14(11-20(19)35-23(32)25-2)9-16(22(31)33-3)26-21(30)15(24)8-13-4-6-17(28)18(29)10-13/h4-7,10-11,15-16,28-29H,8-9,24H2,1-3H3,(H,25,32)(H,26,30)/t15?,16-/m0/s1. The van der Waals surface area contributed by atoms with Crippen LogP contribution in [0.15, 0.2) is 36.4 Å². The molecule has 2 amide bonds. The molecule has 12 heteroatoms. The largest absolute Gasteiger partial charge is 0.504 e. The molecule has 0 aliphatic heterocycles. The monoisotopic (exact) mass is 489 g/mol. The van der Waals surface area contributed by atoms with Gasteiger partial charge in [0.2, 0.25) is 5.91 Å². The van der Waals surface area contributed by atoms with Crippen molar-refractivity contribution in [1.82, 2.24) is 10.6 Å². The molecular weight excluding hydrogens is 462 g/mol. The highest BCUT2D eigenvalue weighted by atomic mass is 16.6. The molecule has 0 aromatic heterocycles. The number of amides is 2. The second-order valence-corrected chi connectivity index (χ2v) is 7.44. The Morgan fingerprint density at radius 3 is 2.20 bits per heavy atom. The predicted octanol–water partition coefficient (Wildman–Crippen LogP) is 0.512. The number of aromatic hydroxyl groups is 2. The first-order chi connectivity index (χ1) is 16.5. The number of hydrogen-bond donors (Lipinski definition) is 5. The van der Waals surface area contributed by atoms with Gasteiger partial charge in [0.1, 0.15) is 6.04 Å². The lowest BCUT2D eigenvalue weighted by molar-refractivity contribution is -0.145. The summed E-state index contributed by atoms with van der Waals surface area (Å²) < 4.78 is 14.9. The highest BCUT2D eigenvalue weighted by Crippen LogP contribution is 2.29. The quantitative estimate of drug-likeness (QED) is 0.189. The lowest BCUT2D eigenvalue weighted by atomic mass is 10.0. The van der Waals surface area contributed by atoms with E-state index in [1.165, 1.54) is 50.4 Å². The van der Waals surface area contributed by atoms with E-state index in [0.717, 1.165) is 7.11 Å². The van der Waals surface area contributed by atoms with E-state index < -0.39 is 36.0 Å². The zero-order valence-corrected chi connectivity index (χ0v) is 19.4. The Kier molecular flexibility index (Phi) is 9.41. The van der Waals surface area contributed by atoms with Gasteiger partial charge in [-0.1, -0.05) is 12.1 Å². The third-order valence-corrected chi connectivity index (χ3v) is 4.74. The number of nitrogens with one attached hydrogen (secondary N) is 2. The molecule has 0 radical (unpaired) electrons. The van der Waals surface area contributed by atoms with Gasteiger partial charge in [-0.25, -0.2) is 9.59 Å². The van der Waals surface area contributed by atoms with Crippen molar-refractivity contribution in [3.63, 3.8) is 0 Å². The number of methoxy groups -OCH3 is 1. The van der Waals surface area contributed by atoms with Crippen molar-refractivity contribution >= 4 is 23.9 Å². The minimum absolute atomic E-state index is 0.0114. The number of rotatable bonds is 9. The number of ether oxygens (including phenoxy) is 3. The number of benzene rings is 2. The molecule has 0 saturated heterocycles. The Morgan fingerprint density at radius 2 is 1.60 bits per heavy atom. The van der Waals surface area contributed by atoms with Crippen LogP contribution in [0, 0.1) is 0 Å². The van der Waals surface area contributed by atoms with Crippen LogP contribution in [0.4, 0.5) is 4.79 Å². The fraction of sp³-hybridized carbons (Fsp3) is 0.304. The SMILES string of the molecule is CNC(=O)Oc1cc(C[C@H](NC(=O)C(N)Cc2ccc(O)c(O)c2)C(=O)OC)ccc1OC(C)=O. The van der Waals surface area contributed by atoms with E-state index in [0.29, 0.717) is 11.1 Å². The van der Waals surface area contributed by atoms with Crippen LogP contribution in [0.2, 0.25) is 0 Å². The molecule has 0 aliphatic carbocycles. The van der Waals surface area contributed by atoms with E-state index in [1.54, 1.807) is 0 Å². The molecule has 2 rings (SSSR count). The Hall–Kier alpha value is -4.32. The molecule has 188 valence electrons. The molecule has 0 bridgehead atoms. The number of phenols is 2. The van der Waals surface area contributed by atoms with Gasteiger partial charge in [-0.2, -0.15) is 0 Å². The molecule has 1 unspecified atom stereocenters. The normalized spacial score (nSPS) is 12.1. The van der Waals surface area contributed by atoms with Gasteiger partial charge in [0, 0.05) is 20.4 Å². The maximum Gasteiger partial charge on any atom is 0.412 e. The smallest absolute Gasteiger partial charge is 0.412 e. The van der Waals surface area contributed by atoms with E-state index in [9.17, 15) is 29.4 Å². The molecule has 2 aromatic carbocycles. The lowest BCUT2D eigenvalue weighted by Crippen LogP contribution is -2.50. The minimum Gasteiger partial charge on any atom is -0.504 e. The molecule has 0 saturated carbocycles. The van der Waals surface area contributed by atoms with Gasteiger partial charge >= 0.3 is 18.0 Å². The maximum absolute atomic E-state index is 12.7. The van der Waals surface area contributed by atoms with Gasteiger partial charge in [-0.3, -0.25) is 9.59 Å². The molecule has 6 N–H and O–H groups in total. The van der Waals surface area contributed by atoms with Gasteiger partial charge in [-0.05, 0) is 41.8 Å². The molecule has 2 aromatic rings. The molecule has 0 fully saturated rings. The fourth-order valence-electron chi connectivity index (χ4n) is 3.04. The second kappa shape index (κ2) is 12.2. The van der Waals surface area contributed by atoms with Gasteiger partial charge in [0.15, 0.2) is 23.0 Å². The van der Waals surface area contributed by atoms with Crippen LogP contribution in [0.1, 0.15) is 18.1 Å². The van der Waals surface area contributed by atoms with Crippen LogP contribution in [-0.4, -0.2) is 60.4 Å². The van der Waals surface area contributed by atoms with E-state index in [2.05, 4.69) is 10.6 Å². The van der Waals surface area contributed by atoms with Gasteiger partial charge in [-0.15, -0.1) is 0 Å². The third-order valence-electron chi connectivity index (χ3n) is 4.74. The molecule has 35 heavy (non-hydrogen) atoms.